The molecular formula is C23H18ClN3O2. The first-order valence-electron chi connectivity index (χ1n) is 9.12. The van der Waals surface area contributed by atoms with Crippen molar-refractivity contribution in [2.75, 3.05) is 0 Å². The van der Waals surface area contributed by atoms with E-state index in [1.807, 2.05) is 67.6 Å². The van der Waals surface area contributed by atoms with E-state index in [1.165, 1.54) is 0 Å². The van der Waals surface area contributed by atoms with Gasteiger partial charge in [-0.3, -0.25) is 4.79 Å². The number of rotatable bonds is 5. The Labute approximate surface area is 173 Å². The number of nitrogens with zero attached hydrogens (tertiary/aromatic N) is 2. The zero-order valence-electron chi connectivity index (χ0n) is 15.7. The molecule has 6 heteroatoms. The van der Waals surface area contributed by atoms with Crippen LogP contribution in [0.4, 0.5) is 0 Å². The molecule has 1 heterocycles. The monoisotopic (exact) mass is 403 g/mol. The number of carbonyl (C=O) groups is 1. The van der Waals surface area contributed by atoms with Crippen molar-refractivity contribution in [1.29, 1.82) is 0 Å². The third kappa shape index (κ3) is 4.20. The van der Waals surface area contributed by atoms with Gasteiger partial charge < -0.3 is 9.73 Å². The average molecular weight is 404 g/mol. The Balaban J connectivity index is 1.68. The van der Waals surface area contributed by atoms with E-state index in [1.54, 1.807) is 18.2 Å². The maximum Gasteiger partial charge on any atom is 0.252 e. The van der Waals surface area contributed by atoms with Gasteiger partial charge in [0, 0.05) is 5.56 Å². The molecule has 0 aliphatic rings. The van der Waals surface area contributed by atoms with Crippen LogP contribution in [-0.2, 0) is 0 Å². The maximum atomic E-state index is 12.8. The van der Waals surface area contributed by atoms with E-state index in [2.05, 4.69) is 15.5 Å². The Morgan fingerprint density at radius 1 is 0.931 bits per heavy atom. The number of hydrogen-bond donors (Lipinski definition) is 1. The number of halogens is 1. The summed E-state index contributed by atoms with van der Waals surface area (Å²) in [5.74, 6) is 0.360. The highest BCUT2D eigenvalue weighted by molar-refractivity contribution is 6.33. The molecule has 0 unspecified atom stereocenters. The first-order chi connectivity index (χ1) is 14.1. The van der Waals surface area contributed by atoms with E-state index in [9.17, 15) is 4.79 Å². The predicted molar refractivity (Wildman–Crippen MR) is 112 cm³/mol. The highest BCUT2D eigenvalue weighted by atomic mass is 35.5. The molecular weight excluding hydrogens is 386 g/mol. The first-order valence-corrected chi connectivity index (χ1v) is 9.50. The molecule has 144 valence electrons. The fourth-order valence-electron chi connectivity index (χ4n) is 2.95. The van der Waals surface area contributed by atoms with Crippen molar-refractivity contribution in [3.63, 3.8) is 0 Å². The van der Waals surface area contributed by atoms with Gasteiger partial charge in [-0.2, -0.15) is 0 Å². The van der Waals surface area contributed by atoms with E-state index in [0.29, 0.717) is 22.0 Å². The summed E-state index contributed by atoms with van der Waals surface area (Å²) in [6.07, 6.45) is 0. The number of aryl methyl sites for hydroxylation is 1. The van der Waals surface area contributed by atoms with Gasteiger partial charge in [0.15, 0.2) is 0 Å². The van der Waals surface area contributed by atoms with Crippen molar-refractivity contribution >= 4 is 17.5 Å². The number of amides is 1. The van der Waals surface area contributed by atoms with Crippen LogP contribution < -0.4 is 5.32 Å². The molecule has 0 fully saturated rings. The number of aromatic nitrogens is 2. The third-order valence-electron chi connectivity index (χ3n) is 4.51. The molecule has 0 saturated carbocycles. The molecule has 29 heavy (non-hydrogen) atoms. The topological polar surface area (TPSA) is 68.0 Å². The summed E-state index contributed by atoms with van der Waals surface area (Å²) in [7, 11) is 0. The maximum absolute atomic E-state index is 12.8. The second-order valence-corrected chi connectivity index (χ2v) is 7.02. The van der Waals surface area contributed by atoms with Crippen LogP contribution in [-0.4, -0.2) is 16.1 Å². The van der Waals surface area contributed by atoms with Crippen LogP contribution >= 0.6 is 11.6 Å². The predicted octanol–water partition coefficient (Wildman–Crippen LogP) is 5.22. The Morgan fingerprint density at radius 3 is 2.34 bits per heavy atom. The largest absolute Gasteiger partial charge is 0.418 e. The van der Waals surface area contributed by atoms with E-state index >= 15 is 0 Å². The number of carbonyl (C=O) groups excluding carboxylic acids is 1. The minimum absolute atomic E-state index is 0.226. The lowest BCUT2D eigenvalue weighted by atomic mass is 10.1. The van der Waals surface area contributed by atoms with Gasteiger partial charge >= 0.3 is 0 Å². The second-order valence-electron chi connectivity index (χ2n) is 6.61. The van der Waals surface area contributed by atoms with Crippen LogP contribution in [0.5, 0.6) is 0 Å². The Bertz CT molecular complexity index is 1120. The van der Waals surface area contributed by atoms with Crippen molar-refractivity contribution < 1.29 is 9.21 Å². The van der Waals surface area contributed by atoms with E-state index in [-0.39, 0.29) is 11.8 Å². The summed E-state index contributed by atoms with van der Waals surface area (Å²) in [6.45, 7) is 1.98. The van der Waals surface area contributed by atoms with E-state index in [0.717, 1.165) is 11.1 Å². The molecule has 0 bridgehead atoms. The molecule has 0 spiro atoms. The fourth-order valence-corrected chi connectivity index (χ4v) is 3.16. The molecule has 0 radical (unpaired) electrons. The van der Waals surface area contributed by atoms with Crippen molar-refractivity contribution in [1.82, 2.24) is 15.5 Å². The lowest BCUT2D eigenvalue weighted by molar-refractivity contribution is 0.0938. The molecule has 4 aromatic rings. The summed E-state index contributed by atoms with van der Waals surface area (Å²) >= 11 is 6.24. The lowest BCUT2D eigenvalue weighted by Gasteiger charge is -2.16. The van der Waals surface area contributed by atoms with Crippen molar-refractivity contribution in [2.45, 2.75) is 13.0 Å². The Hall–Kier alpha value is -3.44. The zero-order valence-corrected chi connectivity index (χ0v) is 16.4. The standard InChI is InChI=1S/C23H18ClN3O2/c1-15-11-13-17(14-12-15)21(28)25-20(16-7-3-2-4-8-16)23-27-26-22(29-23)18-9-5-6-10-19(18)24/h2-14,20H,1H3,(H,25,28)/t20-/m0/s1. The van der Waals surface area contributed by atoms with Crippen LogP contribution in [0.15, 0.2) is 83.3 Å². The van der Waals surface area contributed by atoms with Gasteiger partial charge in [-0.15, -0.1) is 10.2 Å². The van der Waals surface area contributed by atoms with Crippen LogP contribution in [0.2, 0.25) is 5.02 Å². The van der Waals surface area contributed by atoms with Crippen molar-refractivity contribution in [3.8, 4) is 11.5 Å². The normalized spacial score (nSPS) is 11.8. The average Bonchev–Trinajstić information content (AvgIpc) is 3.23. The summed E-state index contributed by atoms with van der Waals surface area (Å²) in [6, 6.07) is 23.5. The van der Waals surface area contributed by atoms with Crippen LogP contribution in [0, 0.1) is 6.92 Å². The quantitative estimate of drug-likeness (QED) is 0.496. The number of benzene rings is 3. The van der Waals surface area contributed by atoms with Crippen LogP contribution in [0.25, 0.3) is 11.5 Å². The molecule has 1 aromatic heterocycles. The minimum Gasteiger partial charge on any atom is -0.418 e. The first kappa shape index (κ1) is 18.9. The van der Waals surface area contributed by atoms with Crippen LogP contribution in [0.3, 0.4) is 0 Å². The van der Waals surface area contributed by atoms with Crippen molar-refractivity contribution in [2.24, 2.45) is 0 Å². The smallest absolute Gasteiger partial charge is 0.252 e. The highest BCUT2D eigenvalue weighted by Gasteiger charge is 2.24. The molecule has 1 amide bonds. The molecule has 0 aliphatic carbocycles. The van der Waals surface area contributed by atoms with Gasteiger partial charge in [0.2, 0.25) is 11.8 Å². The van der Waals surface area contributed by atoms with Gasteiger partial charge in [0.05, 0.1) is 10.6 Å². The van der Waals surface area contributed by atoms with Gasteiger partial charge in [-0.05, 0) is 36.8 Å². The second kappa shape index (κ2) is 8.29. The van der Waals surface area contributed by atoms with E-state index in [4.69, 9.17) is 16.0 Å². The fraction of sp³-hybridized carbons (Fsp3) is 0.0870. The summed E-state index contributed by atoms with van der Waals surface area (Å²) in [5.41, 5.74) is 3.12. The van der Waals surface area contributed by atoms with Gasteiger partial charge in [0.1, 0.15) is 6.04 Å². The molecule has 3 aromatic carbocycles. The van der Waals surface area contributed by atoms with Crippen LogP contribution in [0.1, 0.15) is 33.4 Å². The van der Waals surface area contributed by atoms with Gasteiger partial charge in [-0.1, -0.05) is 71.8 Å². The summed E-state index contributed by atoms with van der Waals surface area (Å²) in [4.78, 5) is 12.8. The zero-order chi connectivity index (χ0) is 20.2. The number of nitrogens with one attached hydrogen (secondary N) is 1. The minimum atomic E-state index is -0.589. The SMILES string of the molecule is Cc1ccc(C(=O)N[C@@H](c2ccccc2)c2nnc(-c3ccccc3Cl)o2)cc1. The number of hydrogen-bond acceptors (Lipinski definition) is 4. The molecule has 1 N–H and O–H groups in total. The van der Waals surface area contributed by atoms with Gasteiger partial charge in [0.25, 0.3) is 5.91 Å². The third-order valence-corrected chi connectivity index (χ3v) is 4.84. The van der Waals surface area contributed by atoms with Crippen molar-refractivity contribution in [3.05, 3.63) is 106 Å². The molecule has 1 atom stereocenters. The Morgan fingerprint density at radius 2 is 1.62 bits per heavy atom. The molecule has 5 nitrogen and oxygen atoms in total. The molecule has 0 aliphatic heterocycles. The Kier molecular flexibility index (Phi) is 5.40. The van der Waals surface area contributed by atoms with Gasteiger partial charge in [-0.25, -0.2) is 0 Å². The molecule has 4 rings (SSSR count). The summed E-state index contributed by atoms with van der Waals surface area (Å²) in [5, 5.41) is 11.8. The lowest BCUT2D eigenvalue weighted by Crippen LogP contribution is -2.29. The molecule has 0 saturated heterocycles. The summed E-state index contributed by atoms with van der Waals surface area (Å²) < 4.78 is 5.90. The van der Waals surface area contributed by atoms with E-state index < -0.39 is 6.04 Å². The highest BCUT2D eigenvalue weighted by Crippen LogP contribution is 2.29.